The van der Waals surface area contributed by atoms with Crippen LogP contribution in [0.25, 0.3) is 0 Å². The number of ether oxygens (including phenoxy) is 1. The first-order valence-electron chi connectivity index (χ1n) is 5.44. The molecular formula is C10H20N2O6. The number of carboxylic acids is 1. The number of methoxy groups -OCH3 is 1. The second kappa shape index (κ2) is 8.67. The van der Waals surface area contributed by atoms with E-state index < -0.39 is 24.1 Å². The summed E-state index contributed by atoms with van der Waals surface area (Å²) in [6.07, 6.45) is -0.915. The molecule has 0 aliphatic rings. The molecule has 0 radical (unpaired) electrons. The van der Waals surface area contributed by atoms with Crippen molar-refractivity contribution in [2.75, 3.05) is 33.9 Å². The molecular weight excluding hydrogens is 244 g/mol. The van der Waals surface area contributed by atoms with Crippen molar-refractivity contribution < 1.29 is 29.6 Å². The first kappa shape index (κ1) is 16.6. The van der Waals surface area contributed by atoms with E-state index in [0.717, 1.165) is 4.90 Å². The average molecular weight is 264 g/mol. The van der Waals surface area contributed by atoms with E-state index in [-0.39, 0.29) is 26.2 Å². The van der Waals surface area contributed by atoms with Crippen molar-refractivity contribution in [2.24, 2.45) is 0 Å². The Hall–Kier alpha value is -1.38. The van der Waals surface area contributed by atoms with Gasteiger partial charge in [-0.25, -0.2) is 9.59 Å². The number of aliphatic hydroxyl groups excluding tert-OH is 2. The van der Waals surface area contributed by atoms with Gasteiger partial charge in [0.2, 0.25) is 0 Å². The molecule has 0 aliphatic carbocycles. The van der Waals surface area contributed by atoms with Crippen LogP contribution in [0.1, 0.15) is 6.42 Å². The van der Waals surface area contributed by atoms with Crippen LogP contribution in [0.3, 0.4) is 0 Å². The van der Waals surface area contributed by atoms with Gasteiger partial charge < -0.3 is 30.3 Å². The minimum Gasteiger partial charge on any atom is -0.480 e. The van der Waals surface area contributed by atoms with E-state index in [1.54, 1.807) is 0 Å². The summed E-state index contributed by atoms with van der Waals surface area (Å²) >= 11 is 0. The van der Waals surface area contributed by atoms with E-state index in [1.165, 1.54) is 14.2 Å². The van der Waals surface area contributed by atoms with Crippen molar-refractivity contribution in [1.82, 2.24) is 10.2 Å². The zero-order valence-electron chi connectivity index (χ0n) is 10.5. The molecule has 2 atom stereocenters. The van der Waals surface area contributed by atoms with Gasteiger partial charge in [0.1, 0.15) is 6.04 Å². The number of carbonyl (C=O) groups excluding carboxylic acids is 1. The molecule has 106 valence electrons. The van der Waals surface area contributed by atoms with Gasteiger partial charge >= 0.3 is 12.0 Å². The lowest BCUT2D eigenvalue weighted by atomic mass is 10.2. The van der Waals surface area contributed by atoms with Crippen molar-refractivity contribution in [2.45, 2.75) is 18.6 Å². The fourth-order valence-electron chi connectivity index (χ4n) is 1.29. The molecule has 0 aliphatic heterocycles. The van der Waals surface area contributed by atoms with Crippen LogP contribution < -0.4 is 5.32 Å². The van der Waals surface area contributed by atoms with Crippen molar-refractivity contribution >= 4 is 12.0 Å². The number of rotatable bonds is 8. The molecule has 2 amide bonds. The largest absolute Gasteiger partial charge is 0.480 e. The van der Waals surface area contributed by atoms with Crippen molar-refractivity contribution in [1.29, 1.82) is 0 Å². The number of aliphatic hydroxyl groups is 2. The van der Waals surface area contributed by atoms with Crippen LogP contribution in [0.2, 0.25) is 0 Å². The first-order chi connectivity index (χ1) is 8.42. The highest BCUT2D eigenvalue weighted by molar-refractivity contribution is 5.82. The van der Waals surface area contributed by atoms with Crippen LogP contribution in [0, 0.1) is 0 Å². The Labute approximate surface area is 105 Å². The molecule has 0 aromatic rings. The zero-order chi connectivity index (χ0) is 14.1. The maximum Gasteiger partial charge on any atom is 0.326 e. The van der Waals surface area contributed by atoms with Crippen molar-refractivity contribution in [3.05, 3.63) is 0 Å². The normalized spacial score (nSPS) is 13.8. The maximum absolute atomic E-state index is 11.6. The monoisotopic (exact) mass is 264 g/mol. The average Bonchev–Trinajstić information content (AvgIpc) is 2.28. The highest BCUT2D eigenvalue weighted by Crippen LogP contribution is 1.96. The summed E-state index contributed by atoms with van der Waals surface area (Å²) in [6.45, 7) is -0.241. The number of carboxylic acid groups (broad SMARTS) is 1. The fourth-order valence-corrected chi connectivity index (χ4v) is 1.29. The van der Waals surface area contributed by atoms with Gasteiger partial charge in [0.05, 0.1) is 19.3 Å². The summed E-state index contributed by atoms with van der Waals surface area (Å²) in [4.78, 5) is 23.5. The van der Waals surface area contributed by atoms with Gasteiger partial charge in [-0.15, -0.1) is 0 Å². The number of hydrogen-bond donors (Lipinski definition) is 4. The van der Waals surface area contributed by atoms with Gasteiger partial charge in [0.15, 0.2) is 0 Å². The quantitative estimate of drug-likeness (QED) is 0.422. The van der Waals surface area contributed by atoms with Gasteiger partial charge in [-0.3, -0.25) is 0 Å². The summed E-state index contributed by atoms with van der Waals surface area (Å²) in [7, 11) is 2.84. The van der Waals surface area contributed by atoms with Crippen LogP contribution in [0.5, 0.6) is 0 Å². The third-order valence-corrected chi connectivity index (χ3v) is 2.20. The van der Waals surface area contributed by atoms with Gasteiger partial charge in [0, 0.05) is 27.2 Å². The third kappa shape index (κ3) is 6.38. The lowest BCUT2D eigenvalue weighted by molar-refractivity contribution is -0.139. The van der Waals surface area contributed by atoms with Crippen LogP contribution >= 0.6 is 0 Å². The van der Waals surface area contributed by atoms with Crippen LogP contribution in [0.4, 0.5) is 4.79 Å². The Morgan fingerprint density at radius 3 is 2.50 bits per heavy atom. The van der Waals surface area contributed by atoms with E-state index in [1.807, 2.05) is 0 Å². The smallest absolute Gasteiger partial charge is 0.326 e. The SMILES string of the molecule is COCC(O)CN(C)C(=O)NC(CCO)C(=O)O. The highest BCUT2D eigenvalue weighted by atomic mass is 16.5. The minimum atomic E-state index is -1.22. The molecule has 0 saturated heterocycles. The minimum absolute atomic E-state index is 0.0190. The molecule has 0 spiro atoms. The number of nitrogens with one attached hydrogen (secondary N) is 1. The summed E-state index contributed by atoms with van der Waals surface area (Å²) in [6, 6.07) is -1.78. The molecule has 0 rings (SSSR count). The third-order valence-electron chi connectivity index (χ3n) is 2.20. The van der Waals surface area contributed by atoms with Gasteiger partial charge in [0.25, 0.3) is 0 Å². The number of carbonyl (C=O) groups is 2. The molecule has 0 fully saturated rings. The fraction of sp³-hybridized carbons (Fsp3) is 0.800. The number of amides is 2. The van der Waals surface area contributed by atoms with Gasteiger partial charge in [-0.05, 0) is 0 Å². The molecule has 0 saturated carbocycles. The number of hydrogen-bond acceptors (Lipinski definition) is 5. The van der Waals surface area contributed by atoms with Crippen LogP contribution in [0.15, 0.2) is 0 Å². The number of aliphatic carboxylic acids is 1. The molecule has 8 heteroatoms. The summed E-state index contributed by atoms with van der Waals surface area (Å²) in [5, 5.41) is 29.1. The Morgan fingerprint density at radius 1 is 1.44 bits per heavy atom. The second-order valence-corrected chi connectivity index (χ2v) is 3.84. The van der Waals surface area contributed by atoms with E-state index in [4.69, 9.17) is 14.9 Å². The van der Waals surface area contributed by atoms with E-state index in [9.17, 15) is 14.7 Å². The predicted molar refractivity (Wildman–Crippen MR) is 62.2 cm³/mol. The van der Waals surface area contributed by atoms with Gasteiger partial charge in [-0.2, -0.15) is 0 Å². The number of likely N-dealkylation sites (N-methyl/N-ethyl adjacent to an activating group) is 1. The molecule has 0 aromatic heterocycles. The molecule has 2 unspecified atom stereocenters. The molecule has 0 aromatic carbocycles. The highest BCUT2D eigenvalue weighted by Gasteiger charge is 2.22. The lowest BCUT2D eigenvalue weighted by Gasteiger charge is -2.23. The summed E-state index contributed by atoms with van der Waals surface area (Å²) in [5.41, 5.74) is 0. The molecule has 8 nitrogen and oxygen atoms in total. The second-order valence-electron chi connectivity index (χ2n) is 3.84. The Bertz CT molecular complexity index is 273. The zero-order valence-corrected chi connectivity index (χ0v) is 10.5. The first-order valence-corrected chi connectivity index (χ1v) is 5.44. The standard InChI is InChI=1S/C10H20N2O6/c1-12(5-7(14)6-18-2)10(17)11-8(3-4-13)9(15)16/h7-8,13-14H,3-6H2,1-2H3,(H,11,17)(H,15,16). The molecule has 18 heavy (non-hydrogen) atoms. The Morgan fingerprint density at radius 2 is 2.06 bits per heavy atom. The van der Waals surface area contributed by atoms with Crippen LogP contribution in [-0.2, 0) is 9.53 Å². The molecule has 0 bridgehead atoms. The van der Waals surface area contributed by atoms with Crippen molar-refractivity contribution in [3.8, 4) is 0 Å². The van der Waals surface area contributed by atoms with Crippen molar-refractivity contribution in [3.63, 3.8) is 0 Å². The van der Waals surface area contributed by atoms with E-state index >= 15 is 0 Å². The van der Waals surface area contributed by atoms with E-state index in [0.29, 0.717) is 0 Å². The van der Waals surface area contributed by atoms with Gasteiger partial charge in [-0.1, -0.05) is 0 Å². The molecule has 0 heterocycles. The predicted octanol–water partition coefficient (Wildman–Crippen LogP) is -1.53. The van der Waals surface area contributed by atoms with E-state index in [2.05, 4.69) is 5.32 Å². The number of nitrogens with zero attached hydrogens (tertiary/aromatic N) is 1. The summed E-state index contributed by atoms with van der Waals surface area (Å²) in [5.74, 6) is -1.22. The Kier molecular flexibility index (Phi) is 8.01. The lowest BCUT2D eigenvalue weighted by Crippen LogP contribution is -2.49. The van der Waals surface area contributed by atoms with Crippen LogP contribution in [-0.4, -0.2) is 78.3 Å². The Balaban J connectivity index is 4.23. The maximum atomic E-state index is 11.6. The topological polar surface area (TPSA) is 119 Å². The molecule has 4 N–H and O–H groups in total. The summed E-state index contributed by atoms with van der Waals surface area (Å²) < 4.78 is 4.71. The number of urea groups is 1.